The molecular weight excluding hydrogens is 368 g/mol. The molecule has 8 heteroatoms. The molecule has 0 radical (unpaired) electrons. The Labute approximate surface area is 157 Å². The van der Waals surface area contributed by atoms with Gasteiger partial charge in [-0.05, 0) is 23.3 Å². The van der Waals surface area contributed by atoms with Crippen molar-refractivity contribution in [2.45, 2.75) is 23.8 Å². The molecule has 0 bridgehead atoms. The van der Waals surface area contributed by atoms with Gasteiger partial charge >= 0.3 is 5.97 Å². The highest BCUT2D eigenvalue weighted by molar-refractivity contribution is 7.89. The molecular formula is C19H20N2O5S. The van der Waals surface area contributed by atoms with Crippen LogP contribution in [0.15, 0.2) is 59.5 Å². The van der Waals surface area contributed by atoms with E-state index in [1.165, 1.54) is 17.0 Å². The van der Waals surface area contributed by atoms with Crippen molar-refractivity contribution in [1.82, 2.24) is 9.62 Å². The van der Waals surface area contributed by atoms with E-state index in [1.807, 2.05) is 6.07 Å². The van der Waals surface area contributed by atoms with Gasteiger partial charge in [-0.15, -0.1) is 0 Å². The minimum absolute atomic E-state index is 0.0411. The summed E-state index contributed by atoms with van der Waals surface area (Å²) in [6, 6.07) is 15.1. The summed E-state index contributed by atoms with van der Waals surface area (Å²) in [6.07, 6.45) is -0.0411. The van der Waals surface area contributed by atoms with Crippen LogP contribution in [-0.2, 0) is 26.2 Å². The van der Waals surface area contributed by atoms with E-state index in [-0.39, 0.29) is 30.3 Å². The molecule has 0 aliphatic carbocycles. The fourth-order valence-corrected chi connectivity index (χ4v) is 4.19. The molecule has 142 valence electrons. The summed E-state index contributed by atoms with van der Waals surface area (Å²) in [4.78, 5) is 25.7. The highest BCUT2D eigenvalue weighted by Gasteiger charge is 2.32. The van der Waals surface area contributed by atoms with Gasteiger partial charge in [0.15, 0.2) is 0 Å². The summed E-state index contributed by atoms with van der Waals surface area (Å²) < 4.78 is 26.8. The molecule has 7 nitrogen and oxygen atoms in total. The van der Waals surface area contributed by atoms with Crippen molar-refractivity contribution in [3.63, 3.8) is 0 Å². The second-order valence-corrected chi connectivity index (χ2v) is 8.09. The van der Waals surface area contributed by atoms with Gasteiger partial charge in [0.05, 0.1) is 10.8 Å². The van der Waals surface area contributed by atoms with Crippen LogP contribution in [0.25, 0.3) is 0 Å². The van der Waals surface area contributed by atoms with Crippen molar-refractivity contribution < 1.29 is 23.1 Å². The van der Waals surface area contributed by atoms with E-state index < -0.39 is 21.9 Å². The van der Waals surface area contributed by atoms with Crippen LogP contribution in [0.1, 0.15) is 23.5 Å². The maximum absolute atomic E-state index is 12.5. The Morgan fingerprint density at radius 2 is 1.74 bits per heavy atom. The van der Waals surface area contributed by atoms with Crippen molar-refractivity contribution in [2.24, 2.45) is 0 Å². The second kappa shape index (κ2) is 7.89. The number of hydrogen-bond donors (Lipinski definition) is 2. The molecule has 1 atom stereocenters. The normalized spacial score (nSPS) is 16.6. The molecule has 2 aromatic rings. The van der Waals surface area contributed by atoms with Gasteiger partial charge in [-0.2, -0.15) is 0 Å². The van der Waals surface area contributed by atoms with Gasteiger partial charge in [-0.1, -0.05) is 42.5 Å². The number of carbonyl (C=O) groups excluding carboxylic acids is 1. The number of nitrogens with one attached hydrogen (secondary N) is 1. The third-order valence-corrected chi connectivity index (χ3v) is 6.01. The van der Waals surface area contributed by atoms with Crippen molar-refractivity contribution in [1.29, 1.82) is 0 Å². The average Bonchev–Trinajstić information content (AvgIpc) is 2.67. The first kappa shape index (κ1) is 19.1. The molecule has 0 spiro atoms. The summed E-state index contributed by atoms with van der Waals surface area (Å²) in [7, 11) is -3.67. The molecule has 3 rings (SSSR count). The van der Waals surface area contributed by atoms with Crippen molar-refractivity contribution in [3.8, 4) is 0 Å². The predicted octanol–water partition coefficient (Wildman–Crippen LogP) is 1.57. The number of hydrogen-bond acceptors (Lipinski definition) is 4. The maximum Gasteiger partial charge on any atom is 0.312 e. The molecule has 1 unspecified atom stereocenters. The highest BCUT2D eigenvalue weighted by atomic mass is 32.2. The minimum atomic E-state index is -3.67. The third-order valence-electron chi connectivity index (χ3n) is 4.53. The van der Waals surface area contributed by atoms with E-state index >= 15 is 0 Å². The Balaban J connectivity index is 1.63. The van der Waals surface area contributed by atoms with Gasteiger partial charge in [0.25, 0.3) is 0 Å². The number of carboxylic acid groups (broad SMARTS) is 1. The number of sulfonamides is 1. The molecule has 0 saturated carbocycles. The summed E-state index contributed by atoms with van der Waals surface area (Å²) in [5.41, 5.74) is 1.52. The van der Waals surface area contributed by atoms with Gasteiger partial charge in [0.2, 0.25) is 15.9 Å². The first-order valence-electron chi connectivity index (χ1n) is 8.51. The lowest BCUT2D eigenvalue weighted by atomic mass is 9.89. The first-order chi connectivity index (χ1) is 12.9. The van der Waals surface area contributed by atoms with Gasteiger partial charge < -0.3 is 10.0 Å². The fourth-order valence-electron chi connectivity index (χ4n) is 3.14. The number of carbonyl (C=O) groups is 2. The number of fused-ring (bicyclic) bond motifs is 1. The Kier molecular flexibility index (Phi) is 5.57. The molecule has 1 heterocycles. The summed E-state index contributed by atoms with van der Waals surface area (Å²) >= 11 is 0. The summed E-state index contributed by atoms with van der Waals surface area (Å²) in [6.45, 7) is 0.354. The Morgan fingerprint density at radius 3 is 2.44 bits per heavy atom. The molecule has 2 N–H and O–H groups in total. The summed E-state index contributed by atoms with van der Waals surface area (Å²) in [5.74, 6) is -2.05. The van der Waals surface area contributed by atoms with E-state index in [0.717, 1.165) is 11.1 Å². The van der Waals surface area contributed by atoms with E-state index in [9.17, 15) is 23.1 Å². The van der Waals surface area contributed by atoms with Gasteiger partial charge in [0.1, 0.15) is 0 Å². The summed E-state index contributed by atoms with van der Waals surface area (Å²) in [5, 5.41) is 9.46. The zero-order valence-electron chi connectivity index (χ0n) is 14.5. The SMILES string of the molecule is O=C(O)C1CN(C(=O)CCNS(=O)(=O)c2ccccc2)Cc2ccccc21. The number of amides is 1. The Bertz CT molecular complexity index is 944. The lowest BCUT2D eigenvalue weighted by Gasteiger charge is -2.33. The average molecular weight is 388 g/mol. The third kappa shape index (κ3) is 4.35. The molecule has 0 aromatic heterocycles. The van der Waals surface area contributed by atoms with Crippen LogP contribution in [0.5, 0.6) is 0 Å². The van der Waals surface area contributed by atoms with Crippen LogP contribution in [0.2, 0.25) is 0 Å². The lowest BCUT2D eigenvalue weighted by molar-refractivity contribution is -0.141. The number of rotatable bonds is 6. The molecule has 1 amide bonds. The molecule has 27 heavy (non-hydrogen) atoms. The zero-order chi connectivity index (χ0) is 19.4. The maximum atomic E-state index is 12.5. The van der Waals surface area contributed by atoms with E-state index in [2.05, 4.69) is 4.72 Å². The molecule has 1 aliphatic heterocycles. The Hall–Kier alpha value is -2.71. The second-order valence-electron chi connectivity index (χ2n) is 6.32. The lowest BCUT2D eigenvalue weighted by Crippen LogP contribution is -2.41. The van der Waals surface area contributed by atoms with E-state index in [0.29, 0.717) is 6.54 Å². The van der Waals surface area contributed by atoms with E-state index in [4.69, 9.17) is 0 Å². The minimum Gasteiger partial charge on any atom is -0.481 e. The van der Waals surface area contributed by atoms with Gasteiger partial charge in [-0.25, -0.2) is 13.1 Å². The first-order valence-corrected chi connectivity index (χ1v) is 10.00. The quantitative estimate of drug-likeness (QED) is 0.782. The topological polar surface area (TPSA) is 104 Å². The number of carboxylic acids is 1. The molecule has 0 fully saturated rings. The van der Waals surface area contributed by atoms with Crippen LogP contribution in [0.4, 0.5) is 0 Å². The number of nitrogens with zero attached hydrogens (tertiary/aromatic N) is 1. The van der Waals surface area contributed by atoms with Crippen molar-refractivity contribution in [3.05, 3.63) is 65.7 Å². The van der Waals surface area contributed by atoms with Crippen LogP contribution in [0.3, 0.4) is 0 Å². The monoisotopic (exact) mass is 388 g/mol. The van der Waals surface area contributed by atoms with Crippen LogP contribution in [-0.4, -0.2) is 43.4 Å². The Morgan fingerprint density at radius 1 is 1.07 bits per heavy atom. The molecule has 1 aliphatic rings. The zero-order valence-corrected chi connectivity index (χ0v) is 15.4. The largest absolute Gasteiger partial charge is 0.481 e. The molecule has 2 aromatic carbocycles. The standard InChI is InChI=1S/C19H20N2O5S/c22-18(10-11-20-27(25,26)15-7-2-1-3-8-15)21-12-14-6-4-5-9-16(14)17(13-21)19(23)24/h1-9,17,20H,10-13H2,(H,23,24). The van der Waals surface area contributed by atoms with Crippen molar-refractivity contribution in [2.75, 3.05) is 13.1 Å². The fraction of sp³-hybridized carbons (Fsp3) is 0.263. The van der Waals surface area contributed by atoms with Gasteiger partial charge in [0, 0.05) is 26.1 Å². The van der Waals surface area contributed by atoms with Crippen LogP contribution in [0, 0.1) is 0 Å². The van der Waals surface area contributed by atoms with E-state index in [1.54, 1.807) is 36.4 Å². The van der Waals surface area contributed by atoms with Crippen molar-refractivity contribution >= 4 is 21.9 Å². The highest BCUT2D eigenvalue weighted by Crippen LogP contribution is 2.28. The van der Waals surface area contributed by atoms with Crippen LogP contribution >= 0.6 is 0 Å². The van der Waals surface area contributed by atoms with Gasteiger partial charge in [-0.3, -0.25) is 9.59 Å². The number of benzene rings is 2. The molecule has 0 saturated heterocycles. The van der Waals surface area contributed by atoms with Crippen LogP contribution < -0.4 is 4.72 Å². The smallest absolute Gasteiger partial charge is 0.312 e. The predicted molar refractivity (Wildman–Crippen MR) is 98.5 cm³/mol. The number of aliphatic carboxylic acids is 1.